The van der Waals surface area contributed by atoms with Crippen molar-refractivity contribution < 1.29 is 0 Å². The van der Waals surface area contributed by atoms with Crippen LogP contribution < -0.4 is 11.1 Å². The normalized spacial score (nSPS) is 18.9. The van der Waals surface area contributed by atoms with E-state index in [4.69, 9.17) is 22.3 Å². The maximum atomic E-state index is 6.49. The van der Waals surface area contributed by atoms with Crippen LogP contribution in [0.2, 0.25) is 5.02 Å². The maximum Gasteiger partial charge on any atom is 0.126 e. The number of hydrogen-bond acceptors (Lipinski definition) is 4. The van der Waals surface area contributed by atoms with Crippen LogP contribution in [0.5, 0.6) is 0 Å². The summed E-state index contributed by atoms with van der Waals surface area (Å²) in [4.78, 5) is 9.37. The van der Waals surface area contributed by atoms with Crippen LogP contribution in [0.3, 0.4) is 0 Å². The summed E-state index contributed by atoms with van der Waals surface area (Å²) in [5.41, 5.74) is 11.4. The fourth-order valence-corrected chi connectivity index (χ4v) is 4.26. The molecule has 0 aliphatic heterocycles. The minimum atomic E-state index is 0.370. The van der Waals surface area contributed by atoms with Gasteiger partial charge in [-0.05, 0) is 68.7 Å². The van der Waals surface area contributed by atoms with Gasteiger partial charge in [-0.3, -0.25) is 4.98 Å². The molecule has 2 heterocycles. The highest BCUT2D eigenvalue weighted by molar-refractivity contribution is 6.33. The van der Waals surface area contributed by atoms with Gasteiger partial charge in [-0.2, -0.15) is 0 Å². The van der Waals surface area contributed by atoms with Gasteiger partial charge >= 0.3 is 0 Å². The molecule has 0 atom stereocenters. The molecule has 0 unspecified atom stereocenters. The fraction of sp³-hybridized carbons (Fsp3) is 0.360. The lowest BCUT2D eigenvalue weighted by atomic mass is 9.83. The number of nitrogens with zero attached hydrogens (tertiary/aromatic N) is 2. The molecule has 0 saturated heterocycles. The van der Waals surface area contributed by atoms with Gasteiger partial charge in [-0.25, -0.2) is 4.98 Å². The molecule has 1 saturated carbocycles. The second kappa shape index (κ2) is 9.59. The topological polar surface area (TPSA) is 63.8 Å². The van der Waals surface area contributed by atoms with Gasteiger partial charge in [0.1, 0.15) is 5.82 Å². The summed E-state index contributed by atoms with van der Waals surface area (Å²) in [5, 5.41) is 4.04. The van der Waals surface area contributed by atoms with Crippen molar-refractivity contribution in [3.8, 4) is 11.3 Å². The van der Waals surface area contributed by atoms with Gasteiger partial charge < -0.3 is 11.1 Å². The van der Waals surface area contributed by atoms with Crippen LogP contribution in [-0.4, -0.2) is 16.0 Å². The number of anilines is 1. The molecular weight excluding hydrogens is 392 g/mol. The highest BCUT2D eigenvalue weighted by Gasteiger charge is 2.20. The zero-order valence-electron chi connectivity index (χ0n) is 17.4. The van der Waals surface area contributed by atoms with Gasteiger partial charge in [-0.1, -0.05) is 47.5 Å². The molecule has 4 nitrogen and oxygen atoms in total. The average molecular weight is 421 g/mol. The van der Waals surface area contributed by atoms with Crippen LogP contribution in [0.25, 0.3) is 11.3 Å². The minimum Gasteiger partial charge on any atom is -0.366 e. The molecule has 1 aromatic carbocycles. The number of aromatic nitrogens is 2. The van der Waals surface area contributed by atoms with Crippen LogP contribution in [0.1, 0.15) is 42.5 Å². The molecule has 0 amide bonds. The van der Waals surface area contributed by atoms with E-state index in [1.54, 1.807) is 6.20 Å². The third-order valence-electron chi connectivity index (χ3n) is 5.92. The van der Waals surface area contributed by atoms with Crippen LogP contribution in [0, 0.1) is 12.8 Å². The van der Waals surface area contributed by atoms with Gasteiger partial charge in [0.15, 0.2) is 0 Å². The highest BCUT2D eigenvalue weighted by atomic mass is 35.5. The molecule has 5 heteroatoms. The van der Waals surface area contributed by atoms with E-state index in [0.29, 0.717) is 17.0 Å². The Balaban J connectivity index is 1.47. The number of pyridine rings is 2. The zero-order chi connectivity index (χ0) is 20.9. The molecule has 1 aliphatic rings. The molecule has 30 heavy (non-hydrogen) atoms. The van der Waals surface area contributed by atoms with Gasteiger partial charge in [-0.15, -0.1) is 0 Å². The van der Waals surface area contributed by atoms with Crippen LogP contribution in [0.15, 0.2) is 54.7 Å². The zero-order valence-corrected chi connectivity index (χ0v) is 18.2. The number of aryl methyl sites for hydroxylation is 1. The lowest BCUT2D eigenvalue weighted by molar-refractivity contribution is 0.323. The molecule has 0 spiro atoms. The summed E-state index contributed by atoms with van der Waals surface area (Å²) in [6.07, 6.45) is 7.31. The summed E-state index contributed by atoms with van der Waals surface area (Å²) < 4.78 is 0. The number of hydrogen-bond donors (Lipinski definition) is 2. The first-order chi connectivity index (χ1) is 14.6. The van der Waals surface area contributed by atoms with E-state index >= 15 is 0 Å². The molecule has 1 aliphatic carbocycles. The lowest BCUT2D eigenvalue weighted by Crippen LogP contribution is -2.27. The molecular formula is C25H29ClN4. The monoisotopic (exact) mass is 420 g/mol. The Bertz CT molecular complexity index is 979. The van der Waals surface area contributed by atoms with E-state index < -0.39 is 0 Å². The minimum absolute atomic E-state index is 0.370. The molecule has 0 radical (unpaired) electrons. The SMILES string of the molecule is Cc1ccc(CNc2cccc(-c3cc(CC4CCC(N)CC4)ncc3Cl)n2)cc1. The predicted molar refractivity (Wildman–Crippen MR) is 125 cm³/mol. The number of rotatable bonds is 6. The summed E-state index contributed by atoms with van der Waals surface area (Å²) in [7, 11) is 0. The molecule has 0 bridgehead atoms. The van der Waals surface area contributed by atoms with Crippen molar-refractivity contribution in [3.05, 3.63) is 76.6 Å². The molecule has 156 valence electrons. The van der Waals surface area contributed by atoms with Gasteiger partial charge in [0.2, 0.25) is 0 Å². The highest BCUT2D eigenvalue weighted by Crippen LogP contribution is 2.30. The third-order valence-corrected chi connectivity index (χ3v) is 6.22. The Morgan fingerprint density at radius 2 is 1.83 bits per heavy atom. The van der Waals surface area contributed by atoms with Gasteiger partial charge in [0, 0.05) is 30.0 Å². The van der Waals surface area contributed by atoms with Crippen molar-refractivity contribution in [1.29, 1.82) is 0 Å². The van der Waals surface area contributed by atoms with Crippen molar-refractivity contribution in [1.82, 2.24) is 9.97 Å². The lowest BCUT2D eigenvalue weighted by Gasteiger charge is -2.25. The van der Waals surface area contributed by atoms with E-state index in [1.807, 2.05) is 18.2 Å². The first-order valence-electron chi connectivity index (χ1n) is 10.7. The molecule has 3 N–H and O–H groups in total. The predicted octanol–water partition coefficient (Wildman–Crippen LogP) is 5.78. The maximum absolute atomic E-state index is 6.49. The summed E-state index contributed by atoms with van der Waals surface area (Å²) >= 11 is 6.49. The summed E-state index contributed by atoms with van der Waals surface area (Å²) in [5.74, 6) is 1.49. The first kappa shape index (κ1) is 20.8. The number of nitrogens with two attached hydrogens (primary N) is 1. The van der Waals surface area contributed by atoms with E-state index in [9.17, 15) is 0 Å². The van der Waals surface area contributed by atoms with Crippen molar-refractivity contribution in [2.45, 2.75) is 51.6 Å². The quantitative estimate of drug-likeness (QED) is 0.530. The van der Waals surface area contributed by atoms with E-state index in [2.05, 4.69) is 47.6 Å². The second-order valence-corrected chi connectivity index (χ2v) is 8.79. The average Bonchev–Trinajstić information content (AvgIpc) is 2.76. The number of nitrogens with one attached hydrogen (secondary N) is 1. The van der Waals surface area contributed by atoms with E-state index in [1.165, 1.54) is 24.0 Å². The Kier molecular flexibility index (Phi) is 6.66. The Morgan fingerprint density at radius 1 is 1.07 bits per heavy atom. The Hall–Kier alpha value is -2.43. The van der Waals surface area contributed by atoms with Crippen molar-refractivity contribution in [2.75, 3.05) is 5.32 Å². The van der Waals surface area contributed by atoms with Crippen molar-refractivity contribution in [3.63, 3.8) is 0 Å². The standard InChI is InChI=1S/C25H29ClN4/c1-17-5-7-19(8-6-17)15-29-25-4-2-3-24(30-25)22-14-21(28-16-23(22)26)13-18-9-11-20(27)12-10-18/h2-8,14,16,18,20H,9-13,15,27H2,1H3,(H,29,30). The van der Waals surface area contributed by atoms with E-state index in [-0.39, 0.29) is 0 Å². The summed E-state index contributed by atoms with van der Waals surface area (Å²) in [6.45, 7) is 2.83. The van der Waals surface area contributed by atoms with Crippen molar-refractivity contribution >= 4 is 17.4 Å². The Morgan fingerprint density at radius 3 is 2.60 bits per heavy atom. The molecule has 1 fully saturated rings. The van der Waals surface area contributed by atoms with Crippen LogP contribution >= 0.6 is 11.6 Å². The Labute approximate surface area is 183 Å². The summed E-state index contributed by atoms with van der Waals surface area (Å²) in [6, 6.07) is 17.0. The second-order valence-electron chi connectivity index (χ2n) is 8.39. The number of halogens is 1. The molecule has 2 aromatic heterocycles. The smallest absolute Gasteiger partial charge is 0.126 e. The van der Waals surface area contributed by atoms with Crippen LogP contribution in [0.4, 0.5) is 5.82 Å². The largest absolute Gasteiger partial charge is 0.366 e. The fourth-order valence-electron chi connectivity index (χ4n) is 4.06. The van der Waals surface area contributed by atoms with Crippen LogP contribution in [-0.2, 0) is 13.0 Å². The first-order valence-corrected chi connectivity index (χ1v) is 11.1. The van der Waals surface area contributed by atoms with Crippen molar-refractivity contribution in [2.24, 2.45) is 11.7 Å². The third kappa shape index (κ3) is 5.38. The number of benzene rings is 1. The molecule has 4 rings (SSSR count). The van der Waals surface area contributed by atoms with Gasteiger partial charge in [0.25, 0.3) is 0 Å². The molecule has 3 aromatic rings. The van der Waals surface area contributed by atoms with E-state index in [0.717, 1.165) is 48.6 Å². The van der Waals surface area contributed by atoms with Gasteiger partial charge in [0.05, 0.1) is 10.7 Å².